The molecule has 5 heteroatoms. The van der Waals surface area contributed by atoms with Crippen molar-refractivity contribution in [2.45, 2.75) is 5.75 Å². The van der Waals surface area contributed by atoms with Crippen LogP contribution < -0.4 is 0 Å². The molecule has 0 aliphatic rings. The maximum absolute atomic E-state index is 6.14. The lowest BCUT2D eigenvalue weighted by molar-refractivity contribution is -0.466. The second kappa shape index (κ2) is 6.53. The summed E-state index contributed by atoms with van der Waals surface area (Å²) in [5.41, 5.74) is 1.10. The van der Waals surface area contributed by atoms with Crippen LogP contribution in [-0.4, -0.2) is 42.8 Å². The van der Waals surface area contributed by atoms with E-state index in [2.05, 4.69) is 9.48 Å². The molecule has 0 bridgehead atoms. The van der Waals surface area contributed by atoms with E-state index in [9.17, 15) is 0 Å². The van der Waals surface area contributed by atoms with Gasteiger partial charge >= 0.3 is 5.17 Å². The van der Waals surface area contributed by atoms with Crippen molar-refractivity contribution in [2.24, 2.45) is 0 Å². The maximum Gasteiger partial charge on any atom is 0.307 e. The Labute approximate surface area is 117 Å². The highest BCUT2D eigenvalue weighted by molar-refractivity contribution is 8.12. The van der Waals surface area contributed by atoms with Gasteiger partial charge in [0.2, 0.25) is 0 Å². The average Bonchev–Trinajstić information content (AvgIpc) is 2.20. The summed E-state index contributed by atoms with van der Waals surface area (Å²) in [4.78, 5) is 2.09. The second-order valence-corrected chi connectivity index (χ2v) is 5.88. The molecule has 0 saturated carbocycles. The summed E-state index contributed by atoms with van der Waals surface area (Å²) in [6.45, 7) is 0. The first-order chi connectivity index (χ1) is 7.91. The zero-order valence-electron chi connectivity index (χ0n) is 10.5. The highest BCUT2D eigenvalue weighted by Gasteiger charge is 2.13. The minimum atomic E-state index is 0.674. The molecule has 0 unspecified atom stereocenters. The quantitative estimate of drug-likeness (QED) is 0.468. The van der Waals surface area contributed by atoms with Crippen LogP contribution in [0.4, 0.5) is 0 Å². The molecule has 0 saturated heterocycles. The summed E-state index contributed by atoms with van der Waals surface area (Å²) in [6.07, 6.45) is 0. The van der Waals surface area contributed by atoms with Crippen molar-refractivity contribution in [1.29, 1.82) is 0 Å². The lowest BCUT2D eigenvalue weighted by atomic mass is 10.2. The predicted molar refractivity (Wildman–Crippen MR) is 78.6 cm³/mol. The van der Waals surface area contributed by atoms with E-state index in [0.717, 1.165) is 16.3 Å². The molecule has 1 rings (SSSR count). The lowest BCUT2D eigenvalue weighted by Crippen LogP contribution is -2.26. The molecule has 0 N–H and O–H groups in total. The van der Waals surface area contributed by atoms with Crippen molar-refractivity contribution in [1.82, 2.24) is 4.90 Å². The van der Waals surface area contributed by atoms with Crippen molar-refractivity contribution < 1.29 is 4.58 Å². The molecule has 0 amide bonds. The summed E-state index contributed by atoms with van der Waals surface area (Å²) in [5, 5.41) is 2.59. The van der Waals surface area contributed by atoms with Crippen LogP contribution in [0.1, 0.15) is 5.56 Å². The van der Waals surface area contributed by atoms with Crippen LogP contribution in [0.15, 0.2) is 18.2 Å². The number of benzene rings is 1. The van der Waals surface area contributed by atoms with Gasteiger partial charge in [0.1, 0.15) is 0 Å². The minimum absolute atomic E-state index is 0.674. The van der Waals surface area contributed by atoms with Gasteiger partial charge < -0.3 is 0 Å². The Bertz CT molecular complexity index is 427. The fourth-order valence-electron chi connectivity index (χ4n) is 1.44. The third-order valence-corrected chi connectivity index (χ3v) is 4.17. The van der Waals surface area contributed by atoms with Gasteiger partial charge in [0, 0.05) is 15.8 Å². The molecule has 1 aromatic carbocycles. The number of rotatable bonds is 2. The molecule has 2 nitrogen and oxygen atoms in total. The molecule has 1 aromatic rings. The summed E-state index contributed by atoms with van der Waals surface area (Å²) in [6, 6.07) is 5.62. The molecule has 0 aromatic heterocycles. The van der Waals surface area contributed by atoms with E-state index < -0.39 is 0 Å². The molecule has 17 heavy (non-hydrogen) atoms. The zero-order chi connectivity index (χ0) is 13.0. The molecule has 0 atom stereocenters. The van der Waals surface area contributed by atoms with E-state index in [-0.39, 0.29) is 0 Å². The van der Waals surface area contributed by atoms with Crippen molar-refractivity contribution in [2.75, 3.05) is 28.2 Å². The summed E-state index contributed by atoms with van der Waals surface area (Å²) in [7, 11) is 8.13. The van der Waals surface area contributed by atoms with Gasteiger partial charge in [-0.1, -0.05) is 29.3 Å². The summed E-state index contributed by atoms with van der Waals surface area (Å²) >= 11 is 13.8. The monoisotopic (exact) mass is 291 g/mol. The maximum atomic E-state index is 6.14. The van der Waals surface area contributed by atoms with Gasteiger partial charge in [-0.2, -0.15) is 0 Å². The van der Waals surface area contributed by atoms with Gasteiger partial charge in [-0.05, 0) is 29.5 Å². The minimum Gasteiger partial charge on any atom is -0.262 e. The Balaban J connectivity index is 2.76. The van der Waals surface area contributed by atoms with E-state index in [1.165, 1.54) is 5.17 Å². The second-order valence-electron chi connectivity index (χ2n) is 4.10. The van der Waals surface area contributed by atoms with E-state index in [4.69, 9.17) is 23.2 Å². The molecular weight excluding hydrogens is 275 g/mol. The van der Waals surface area contributed by atoms with Gasteiger partial charge in [-0.15, -0.1) is 0 Å². The van der Waals surface area contributed by atoms with Crippen molar-refractivity contribution >= 4 is 40.1 Å². The first-order valence-corrected chi connectivity index (χ1v) is 6.94. The fourth-order valence-corrected chi connectivity index (χ4v) is 3.05. The van der Waals surface area contributed by atoms with E-state index in [1.807, 2.05) is 40.3 Å². The van der Waals surface area contributed by atoms with Gasteiger partial charge in [0.05, 0.1) is 28.2 Å². The van der Waals surface area contributed by atoms with Crippen molar-refractivity contribution in [3.8, 4) is 0 Å². The molecule has 0 aliphatic heterocycles. The molecule has 0 spiro atoms. The van der Waals surface area contributed by atoms with Crippen LogP contribution in [0.2, 0.25) is 10.0 Å². The van der Waals surface area contributed by atoms with Crippen LogP contribution in [0.25, 0.3) is 0 Å². The van der Waals surface area contributed by atoms with E-state index >= 15 is 0 Å². The first-order valence-electron chi connectivity index (χ1n) is 5.20. The normalized spacial score (nSPS) is 10.2. The molecule has 0 heterocycles. The van der Waals surface area contributed by atoms with Crippen LogP contribution in [0, 0.1) is 0 Å². The Morgan fingerprint density at radius 1 is 1.29 bits per heavy atom. The predicted octanol–water partition coefficient (Wildman–Crippen LogP) is 3.42. The van der Waals surface area contributed by atoms with Crippen molar-refractivity contribution in [3.05, 3.63) is 33.8 Å². The number of hydrogen-bond acceptors (Lipinski definition) is 1. The van der Waals surface area contributed by atoms with Gasteiger partial charge in [-0.3, -0.25) is 9.48 Å². The fraction of sp³-hybridized carbons (Fsp3) is 0.417. The summed E-state index contributed by atoms with van der Waals surface area (Å²) in [5.74, 6) is 0.835. The third-order valence-electron chi connectivity index (χ3n) is 2.14. The van der Waals surface area contributed by atoms with Gasteiger partial charge in [0.25, 0.3) is 0 Å². The zero-order valence-corrected chi connectivity index (χ0v) is 12.8. The van der Waals surface area contributed by atoms with E-state index in [1.54, 1.807) is 17.8 Å². The Morgan fingerprint density at radius 3 is 2.41 bits per heavy atom. The summed E-state index contributed by atoms with van der Waals surface area (Å²) < 4.78 is 2.09. The first kappa shape index (κ1) is 14.7. The molecule has 94 valence electrons. The lowest BCUT2D eigenvalue weighted by Gasteiger charge is -2.11. The Kier molecular flexibility index (Phi) is 5.63. The number of nitrogens with zero attached hydrogens (tertiary/aromatic N) is 2. The Morgan fingerprint density at radius 2 is 1.94 bits per heavy atom. The number of hydrogen-bond donors (Lipinski definition) is 0. The van der Waals surface area contributed by atoms with Crippen LogP contribution in [0.5, 0.6) is 0 Å². The average molecular weight is 292 g/mol. The molecular formula is C12H17Cl2N2S+. The largest absolute Gasteiger partial charge is 0.307 e. The highest BCUT2D eigenvalue weighted by Crippen LogP contribution is 2.25. The topological polar surface area (TPSA) is 6.25 Å². The highest BCUT2D eigenvalue weighted by atomic mass is 35.5. The van der Waals surface area contributed by atoms with Crippen molar-refractivity contribution in [3.63, 3.8) is 0 Å². The third kappa shape index (κ3) is 4.41. The van der Waals surface area contributed by atoms with E-state index in [0.29, 0.717) is 5.02 Å². The Hall–Kier alpha value is -0.380. The molecule has 0 fully saturated rings. The van der Waals surface area contributed by atoms with Gasteiger partial charge in [-0.25, -0.2) is 0 Å². The van der Waals surface area contributed by atoms with Gasteiger partial charge in [0.15, 0.2) is 0 Å². The van der Waals surface area contributed by atoms with Crippen LogP contribution in [-0.2, 0) is 5.75 Å². The standard InChI is InChI=1S/C12H17Cl2N2S/c1-15(2)12(16(3)4)17-8-9-5-6-10(13)7-11(9)14/h5-7H,8H2,1-4H3/q+1. The number of halogens is 2. The number of thioether (sulfide) groups is 1. The molecule has 0 aliphatic carbocycles. The smallest absolute Gasteiger partial charge is 0.262 e. The molecule has 0 radical (unpaired) electrons. The van der Waals surface area contributed by atoms with Crippen LogP contribution in [0.3, 0.4) is 0 Å². The number of amidine groups is 1. The van der Waals surface area contributed by atoms with Crippen LogP contribution >= 0.6 is 35.0 Å². The SMILES string of the molecule is CN(C)C(SCc1ccc(Cl)cc1Cl)=[N+](C)C.